The molecular weight excluding hydrogens is 400 g/mol. The van der Waals surface area contributed by atoms with Crippen LogP contribution in [-0.2, 0) is 14.2 Å². The van der Waals surface area contributed by atoms with Crippen LogP contribution in [-0.4, -0.2) is 39.2 Å². The van der Waals surface area contributed by atoms with E-state index in [1.54, 1.807) is 6.07 Å². The van der Waals surface area contributed by atoms with Crippen LogP contribution in [0.5, 0.6) is 0 Å². The predicted octanol–water partition coefficient (Wildman–Crippen LogP) is 4.63. The highest BCUT2D eigenvalue weighted by Crippen LogP contribution is 2.46. The molecule has 0 spiro atoms. The Morgan fingerprint density at radius 2 is 1.36 bits per heavy atom. The Hall–Kier alpha value is -2.97. The lowest BCUT2D eigenvalue weighted by molar-refractivity contribution is 0.0537. The molecule has 0 saturated heterocycles. The van der Waals surface area contributed by atoms with Crippen molar-refractivity contribution >= 4 is 70.2 Å². The van der Waals surface area contributed by atoms with Gasteiger partial charge in [0.25, 0.3) is 0 Å². The number of carbonyl (C=O) groups excluding carboxylic acids is 3. The average molecular weight is 414 g/mol. The largest absolute Gasteiger partial charge is 0.465 e. The summed E-state index contributed by atoms with van der Waals surface area (Å²) in [6, 6.07) is 9.47. The topological polar surface area (TPSA) is 78.9 Å². The van der Waals surface area contributed by atoms with Crippen LogP contribution in [0.15, 0.2) is 30.3 Å². The number of carbonyl (C=O) groups is 3. The molecule has 4 rings (SSSR count). The molecule has 0 aliphatic heterocycles. The van der Waals surface area contributed by atoms with Gasteiger partial charge < -0.3 is 14.2 Å². The van der Waals surface area contributed by atoms with Gasteiger partial charge in [-0.1, -0.05) is 18.2 Å². The van der Waals surface area contributed by atoms with Gasteiger partial charge in [-0.3, -0.25) is 0 Å². The van der Waals surface area contributed by atoms with Crippen molar-refractivity contribution in [3.8, 4) is 0 Å². The Bertz CT molecular complexity index is 1280. The first-order chi connectivity index (χ1) is 13.5. The fourth-order valence-corrected chi connectivity index (χ4v) is 5.98. The van der Waals surface area contributed by atoms with Crippen LogP contribution >= 0.6 is 22.7 Å². The molecule has 2 aromatic heterocycles. The molecule has 0 atom stereocenters. The van der Waals surface area contributed by atoms with E-state index >= 15 is 0 Å². The second-order valence-electron chi connectivity index (χ2n) is 5.88. The highest BCUT2D eigenvalue weighted by Gasteiger charge is 2.31. The van der Waals surface area contributed by atoms with Gasteiger partial charge in [0, 0.05) is 20.2 Å². The number of benzene rings is 2. The summed E-state index contributed by atoms with van der Waals surface area (Å²) in [7, 11) is 3.64. The first-order valence-corrected chi connectivity index (χ1v) is 9.80. The van der Waals surface area contributed by atoms with Gasteiger partial charge in [-0.2, -0.15) is 0 Å². The molecule has 0 aliphatic rings. The van der Waals surface area contributed by atoms with Gasteiger partial charge in [0.2, 0.25) is 0 Å². The van der Waals surface area contributed by atoms with Crippen LogP contribution in [0.25, 0.3) is 29.6 Å². The van der Waals surface area contributed by atoms with Crippen LogP contribution in [0.2, 0.25) is 0 Å². The maximum atomic E-state index is 12.7. The molecule has 8 heteroatoms. The number of hydrogen-bond donors (Lipinski definition) is 0. The summed E-state index contributed by atoms with van der Waals surface area (Å²) < 4.78 is 18.2. The molecule has 0 bridgehead atoms. The van der Waals surface area contributed by atoms with Gasteiger partial charge in [-0.05, 0) is 12.1 Å². The number of fused-ring (bicyclic) bond motifs is 5. The molecule has 0 aliphatic carbocycles. The summed E-state index contributed by atoms with van der Waals surface area (Å²) in [6.45, 7) is 0. The SMILES string of the molecule is COC(=O)c1cc2sc3c4ccccc4sc3c2c(C(=O)OC)c1C(=O)OC. The van der Waals surface area contributed by atoms with Crippen LogP contribution in [0, 0.1) is 0 Å². The molecule has 0 unspecified atom stereocenters. The molecule has 142 valence electrons. The lowest BCUT2D eigenvalue weighted by Gasteiger charge is -2.12. The standard InChI is InChI=1S/C20H14O6S2/c1-24-18(21)10-8-12-14(15(20(23)26-3)13(10)19(22)25-2)17-16(28-12)9-6-4-5-7-11(9)27-17/h4-8H,1-3H3. The van der Waals surface area contributed by atoms with E-state index in [1.165, 1.54) is 44.0 Å². The third-order valence-electron chi connectivity index (χ3n) is 4.46. The molecule has 0 radical (unpaired) electrons. The summed E-state index contributed by atoms with van der Waals surface area (Å²) in [6.07, 6.45) is 0. The minimum atomic E-state index is -0.803. The molecule has 0 N–H and O–H groups in total. The Kier molecular flexibility index (Phi) is 4.52. The van der Waals surface area contributed by atoms with E-state index in [1.807, 2.05) is 24.3 Å². The zero-order chi connectivity index (χ0) is 20.0. The lowest BCUT2D eigenvalue weighted by atomic mass is 9.97. The van der Waals surface area contributed by atoms with Gasteiger partial charge in [0.1, 0.15) is 0 Å². The number of hydrogen-bond acceptors (Lipinski definition) is 8. The third kappa shape index (κ3) is 2.56. The third-order valence-corrected chi connectivity index (χ3v) is 6.95. The number of methoxy groups -OCH3 is 3. The monoisotopic (exact) mass is 414 g/mol. The molecule has 0 fully saturated rings. The maximum absolute atomic E-state index is 12.7. The minimum absolute atomic E-state index is 0.0186. The number of esters is 3. The summed E-state index contributed by atoms with van der Waals surface area (Å²) in [4.78, 5) is 37.6. The Morgan fingerprint density at radius 3 is 2.04 bits per heavy atom. The summed E-state index contributed by atoms with van der Waals surface area (Å²) >= 11 is 2.97. The van der Waals surface area contributed by atoms with Crippen molar-refractivity contribution in [2.75, 3.05) is 21.3 Å². The number of rotatable bonds is 3. The maximum Gasteiger partial charge on any atom is 0.339 e. The zero-order valence-electron chi connectivity index (χ0n) is 15.2. The van der Waals surface area contributed by atoms with Crippen molar-refractivity contribution in [3.05, 3.63) is 47.0 Å². The molecular formula is C20H14O6S2. The molecule has 0 saturated carbocycles. The van der Waals surface area contributed by atoms with Crippen LogP contribution < -0.4 is 0 Å². The van der Waals surface area contributed by atoms with Crippen molar-refractivity contribution in [2.24, 2.45) is 0 Å². The van der Waals surface area contributed by atoms with Gasteiger partial charge in [-0.15, -0.1) is 22.7 Å². The Morgan fingerprint density at radius 1 is 0.750 bits per heavy atom. The van der Waals surface area contributed by atoms with Gasteiger partial charge in [-0.25, -0.2) is 14.4 Å². The fourth-order valence-electron chi connectivity index (χ4n) is 3.25. The summed E-state index contributed by atoms with van der Waals surface area (Å²) in [5.41, 5.74) is -0.156. The summed E-state index contributed by atoms with van der Waals surface area (Å²) in [5.74, 6) is -2.24. The van der Waals surface area contributed by atoms with Crippen molar-refractivity contribution < 1.29 is 28.6 Å². The quantitative estimate of drug-likeness (QED) is 0.359. The van der Waals surface area contributed by atoms with Gasteiger partial charge in [0.05, 0.1) is 47.4 Å². The zero-order valence-corrected chi connectivity index (χ0v) is 16.8. The van der Waals surface area contributed by atoms with E-state index in [0.29, 0.717) is 10.1 Å². The Balaban J connectivity index is 2.24. The Labute approximate surface area is 167 Å². The van der Waals surface area contributed by atoms with Crippen molar-refractivity contribution in [1.82, 2.24) is 0 Å². The molecule has 6 nitrogen and oxygen atoms in total. The fraction of sp³-hybridized carbons (Fsp3) is 0.150. The molecule has 28 heavy (non-hydrogen) atoms. The van der Waals surface area contributed by atoms with E-state index in [4.69, 9.17) is 14.2 Å². The van der Waals surface area contributed by atoms with Crippen LogP contribution in [0.4, 0.5) is 0 Å². The normalized spacial score (nSPS) is 11.1. The van der Waals surface area contributed by atoms with E-state index in [9.17, 15) is 14.4 Å². The van der Waals surface area contributed by atoms with Crippen molar-refractivity contribution in [2.45, 2.75) is 0 Å². The smallest absolute Gasteiger partial charge is 0.339 e. The molecule has 2 aromatic carbocycles. The van der Waals surface area contributed by atoms with Crippen LogP contribution in [0.1, 0.15) is 31.1 Å². The number of thiophene rings is 2. The van der Waals surface area contributed by atoms with Gasteiger partial charge >= 0.3 is 17.9 Å². The molecule has 0 amide bonds. The van der Waals surface area contributed by atoms with E-state index in [0.717, 1.165) is 19.5 Å². The molecule has 2 heterocycles. The minimum Gasteiger partial charge on any atom is -0.465 e. The lowest BCUT2D eigenvalue weighted by Crippen LogP contribution is -2.18. The predicted molar refractivity (Wildman–Crippen MR) is 109 cm³/mol. The van der Waals surface area contributed by atoms with E-state index in [-0.39, 0.29) is 16.7 Å². The highest BCUT2D eigenvalue weighted by molar-refractivity contribution is 7.36. The summed E-state index contributed by atoms with van der Waals surface area (Å²) in [5, 5.41) is 1.64. The highest BCUT2D eigenvalue weighted by atomic mass is 32.1. The first kappa shape index (κ1) is 18.4. The average Bonchev–Trinajstić information content (AvgIpc) is 3.26. The van der Waals surface area contributed by atoms with Crippen LogP contribution in [0.3, 0.4) is 0 Å². The first-order valence-electron chi connectivity index (χ1n) is 8.17. The van der Waals surface area contributed by atoms with Crippen molar-refractivity contribution in [3.63, 3.8) is 0 Å². The number of ether oxygens (including phenoxy) is 3. The van der Waals surface area contributed by atoms with E-state index < -0.39 is 17.9 Å². The second-order valence-corrected chi connectivity index (χ2v) is 7.98. The van der Waals surface area contributed by atoms with E-state index in [2.05, 4.69) is 0 Å². The van der Waals surface area contributed by atoms with Crippen molar-refractivity contribution in [1.29, 1.82) is 0 Å². The molecule has 4 aromatic rings. The second kappa shape index (κ2) is 6.88. The van der Waals surface area contributed by atoms with Gasteiger partial charge in [0.15, 0.2) is 0 Å².